The number of fused-ring (bicyclic) bond motifs is 2. The molecule has 1 aromatic rings. The van der Waals surface area contributed by atoms with Gasteiger partial charge < -0.3 is 5.73 Å². The van der Waals surface area contributed by atoms with Gasteiger partial charge in [-0.2, -0.15) is 4.31 Å². The third-order valence-corrected chi connectivity index (χ3v) is 7.37. The molecule has 1 aliphatic carbocycles. The molecule has 1 saturated heterocycles. The van der Waals surface area contributed by atoms with Gasteiger partial charge in [-0.25, -0.2) is 13.4 Å². The second-order valence-corrected chi connectivity index (χ2v) is 10.7. The maximum atomic E-state index is 13.3. The zero-order valence-electron chi connectivity index (χ0n) is 15.0. The highest BCUT2D eigenvalue weighted by molar-refractivity contribution is 7.89. The van der Waals surface area contributed by atoms with E-state index in [2.05, 4.69) is 25.8 Å². The van der Waals surface area contributed by atoms with E-state index in [9.17, 15) is 8.42 Å². The minimum absolute atomic E-state index is 0.0539. The van der Waals surface area contributed by atoms with E-state index in [0.29, 0.717) is 12.2 Å². The molecule has 1 saturated carbocycles. The summed E-state index contributed by atoms with van der Waals surface area (Å²) in [6.07, 6.45) is 2.89. The van der Waals surface area contributed by atoms with Crippen molar-refractivity contribution in [3.8, 4) is 0 Å². The Balaban J connectivity index is 1.94. The monoisotopic (exact) mass is 383 g/mol. The van der Waals surface area contributed by atoms with Crippen molar-refractivity contribution >= 4 is 33.1 Å². The number of benzene rings is 1. The Hall–Kier alpha value is -1.11. The minimum atomic E-state index is -3.56. The smallest absolute Gasteiger partial charge is 0.243 e. The minimum Gasteiger partial charge on any atom is -0.386 e. The number of alkyl halides is 1. The van der Waals surface area contributed by atoms with E-state index in [-0.39, 0.29) is 33.5 Å². The third-order valence-electron chi connectivity index (χ3n) is 5.20. The Morgan fingerprint density at radius 3 is 2.76 bits per heavy atom. The van der Waals surface area contributed by atoms with Crippen LogP contribution in [0.2, 0.25) is 0 Å². The molecule has 0 aromatic heterocycles. The summed E-state index contributed by atoms with van der Waals surface area (Å²) in [6, 6.07) is 6.69. The van der Waals surface area contributed by atoms with E-state index in [1.807, 2.05) is 0 Å². The second kappa shape index (κ2) is 6.25. The van der Waals surface area contributed by atoms with Crippen LogP contribution in [0.15, 0.2) is 34.2 Å². The number of halogens is 1. The lowest BCUT2D eigenvalue weighted by Crippen LogP contribution is -2.37. The first-order valence-electron chi connectivity index (χ1n) is 8.56. The molecule has 1 heterocycles. The Morgan fingerprint density at radius 2 is 2.08 bits per heavy atom. The average Bonchev–Trinajstić information content (AvgIpc) is 2.77. The number of hydrogen-bond acceptors (Lipinski definition) is 3. The molecule has 0 amide bonds. The van der Waals surface area contributed by atoms with E-state index in [4.69, 9.17) is 17.3 Å². The number of aliphatic imine (C=N–C) groups is 1. The predicted molar refractivity (Wildman–Crippen MR) is 102 cm³/mol. The van der Waals surface area contributed by atoms with Crippen LogP contribution in [0.1, 0.15) is 40.0 Å². The van der Waals surface area contributed by atoms with Crippen LogP contribution in [0, 0.1) is 10.8 Å². The maximum absolute atomic E-state index is 13.3. The molecule has 0 spiro atoms. The van der Waals surface area contributed by atoms with E-state index in [0.717, 1.165) is 19.3 Å². The predicted octanol–water partition coefficient (Wildman–Crippen LogP) is 3.50. The first kappa shape index (κ1) is 18.7. The Kier molecular flexibility index (Phi) is 4.67. The van der Waals surface area contributed by atoms with Crippen molar-refractivity contribution in [3.05, 3.63) is 24.3 Å². The molecule has 138 valence electrons. The van der Waals surface area contributed by atoms with Crippen LogP contribution >= 0.6 is 11.6 Å². The molecular weight excluding hydrogens is 358 g/mol. The van der Waals surface area contributed by atoms with Crippen molar-refractivity contribution in [1.82, 2.24) is 4.31 Å². The van der Waals surface area contributed by atoms with Gasteiger partial charge in [-0.1, -0.05) is 26.8 Å². The van der Waals surface area contributed by atoms with E-state index in [1.54, 1.807) is 28.6 Å². The van der Waals surface area contributed by atoms with Crippen LogP contribution in [0.25, 0.3) is 0 Å². The fourth-order valence-electron chi connectivity index (χ4n) is 4.73. The summed E-state index contributed by atoms with van der Waals surface area (Å²) >= 11 is 5.66. The van der Waals surface area contributed by atoms with Gasteiger partial charge in [0.2, 0.25) is 10.0 Å². The van der Waals surface area contributed by atoms with Crippen LogP contribution in [0.5, 0.6) is 0 Å². The zero-order chi connectivity index (χ0) is 18.5. The van der Waals surface area contributed by atoms with E-state index >= 15 is 0 Å². The fraction of sp³-hybridized carbons (Fsp3) is 0.611. The average molecular weight is 384 g/mol. The summed E-state index contributed by atoms with van der Waals surface area (Å²) in [5.41, 5.74) is 6.39. The molecule has 3 rings (SSSR count). The Morgan fingerprint density at radius 1 is 1.36 bits per heavy atom. The molecule has 5 nitrogen and oxygen atoms in total. The number of nitrogens with two attached hydrogens (primary N) is 1. The van der Waals surface area contributed by atoms with Crippen molar-refractivity contribution in [2.24, 2.45) is 21.6 Å². The molecule has 25 heavy (non-hydrogen) atoms. The SMILES string of the molecule is CC1(C)CC2CC(C)(CN2S(=O)(=O)c2cccc(N=C(N)CCl)c2)C1. The molecule has 2 fully saturated rings. The third kappa shape index (κ3) is 3.71. The molecule has 1 aliphatic heterocycles. The molecule has 0 radical (unpaired) electrons. The summed E-state index contributed by atoms with van der Waals surface area (Å²) < 4.78 is 28.2. The molecule has 1 aromatic carbocycles. The number of nitrogens with zero attached hydrogens (tertiary/aromatic N) is 2. The number of rotatable bonds is 4. The first-order chi connectivity index (χ1) is 11.5. The second-order valence-electron chi connectivity index (χ2n) is 8.50. The number of hydrogen-bond donors (Lipinski definition) is 1. The van der Waals surface area contributed by atoms with Crippen molar-refractivity contribution < 1.29 is 8.42 Å². The maximum Gasteiger partial charge on any atom is 0.243 e. The summed E-state index contributed by atoms with van der Waals surface area (Å²) in [5, 5.41) is 0. The summed E-state index contributed by atoms with van der Waals surface area (Å²) in [6.45, 7) is 7.26. The summed E-state index contributed by atoms with van der Waals surface area (Å²) in [7, 11) is -3.56. The standard InChI is InChI=1S/C18H26ClN3O2S/c1-17(2)8-14-9-18(3,11-17)12-22(14)25(23,24)15-6-4-5-13(7-15)21-16(20)10-19/h4-7,14H,8-12H2,1-3H3,(H2,20,21). The highest BCUT2D eigenvalue weighted by Crippen LogP contribution is 2.53. The van der Waals surface area contributed by atoms with Crippen LogP contribution in [-0.4, -0.2) is 37.0 Å². The van der Waals surface area contributed by atoms with Crippen molar-refractivity contribution in [1.29, 1.82) is 0 Å². The number of amidine groups is 1. The van der Waals surface area contributed by atoms with Gasteiger partial charge in [0.1, 0.15) is 5.84 Å². The normalized spacial score (nSPS) is 29.8. The summed E-state index contributed by atoms with van der Waals surface area (Å²) in [4.78, 5) is 4.43. The molecule has 7 heteroatoms. The van der Waals surface area contributed by atoms with Gasteiger partial charge in [0, 0.05) is 12.6 Å². The van der Waals surface area contributed by atoms with Crippen LogP contribution in [-0.2, 0) is 10.0 Å². The molecule has 2 aliphatic rings. The van der Waals surface area contributed by atoms with E-state index < -0.39 is 10.0 Å². The molecule has 2 unspecified atom stereocenters. The summed E-state index contributed by atoms with van der Waals surface area (Å²) in [5.74, 6) is 0.376. The lowest BCUT2D eigenvalue weighted by Gasteiger charge is -2.39. The lowest BCUT2D eigenvalue weighted by atomic mass is 9.65. The molecule has 2 N–H and O–H groups in total. The van der Waals surface area contributed by atoms with Crippen molar-refractivity contribution in [2.45, 2.75) is 51.0 Å². The topological polar surface area (TPSA) is 75.8 Å². The number of sulfonamides is 1. The lowest BCUT2D eigenvalue weighted by molar-refractivity contribution is 0.133. The Labute approximate surface area is 155 Å². The first-order valence-corrected chi connectivity index (χ1v) is 10.5. The van der Waals surface area contributed by atoms with Gasteiger partial charge in [-0.15, -0.1) is 11.6 Å². The zero-order valence-corrected chi connectivity index (χ0v) is 16.6. The quantitative estimate of drug-likeness (QED) is 0.491. The van der Waals surface area contributed by atoms with Crippen LogP contribution in [0.3, 0.4) is 0 Å². The van der Waals surface area contributed by atoms with Gasteiger partial charge in [-0.3, -0.25) is 0 Å². The molecular formula is C18H26ClN3O2S. The van der Waals surface area contributed by atoms with Gasteiger partial charge >= 0.3 is 0 Å². The van der Waals surface area contributed by atoms with Crippen molar-refractivity contribution in [3.63, 3.8) is 0 Å². The molecule has 2 atom stereocenters. The van der Waals surface area contributed by atoms with Gasteiger partial charge in [-0.05, 0) is 48.3 Å². The van der Waals surface area contributed by atoms with Crippen LogP contribution in [0.4, 0.5) is 5.69 Å². The highest BCUT2D eigenvalue weighted by atomic mass is 35.5. The van der Waals surface area contributed by atoms with Gasteiger partial charge in [0.15, 0.2) is 0 Å². The fourth-order valence-corrected chi connectivity index (χ4v) is 6.61. The van der Waals surface area contributed by atoms with Gasteiger partial charge in [0.25, 0.3) is 0 Å². The Bertz CT molecular complexity index is 806. The van der Waals surface area contributed by atoms with Crippen molar-refractivity contribution in [2.75, 3.05) is 12.4 Å². The van der Waals surface area contributed by atoms with Crippen LogP contribution < -0.4 is 5.73 Å². The van der Waals surface area contributed by atoms with Gasteiger partial charge in [0.05, 0.1) is 16.5 Å². The molecule has 2 bridgehead atoms. The van der Waals surface area contributed by atoms with E-state index in [1.165, 1.54) is 0 Å². The largest absolute Gasteiger partial charge is 0.386 e. The highest BCUT2D eigenvalue weighted by Gasteiger charge is 2.53.